The zero-order chi connectivity index (χ0) is 19.9. The van der Waals surface area contributed by atoms with Gasteiger partial charge in [-0.3, -0.25) is 9.69 Å². The molecular weight excluding hydrogens is 380 g/mol. The third kappa shape index (κ3) is 5.31. The molecule has 1 aromatic heterocycles. The van der Waals surface area contributed by atoms with Crippen LogP contribution < -0.4 is 0 Å². The van der Waals surface area contributed by atoms with Gasteiger partial charge in [-0.25, -0.2) is 0 Å². The monoisotopic (exact) mass is 406 g/mol. The van der Waals surface area contributed by atoms with Crippen LogP contribution in [0, 0.1) is 0 Å². The highest BCUT2D eigenvalue weighted by atomic mass is 32.2. The SMILES string of the molecule is O=C(c1occc1CSc1ccccc1)N1CCCN(Cc2ccccc2)CC1. The van der Waals surface area contributed by atoms with E-state index in [2.05, 4.69) is 41.3 Å². The van der Waals surface area contributed by atoms with Crippen LogP contribution in [-0.2, 0) is 12.3 Å². The van der Waals surface area contributed by atoms with Gasteiger partial charge in [-0.1, -0.05) is 48.5 Å². The van der Waals surface area contributed by atoms with Crippen LogP contribution in [0.1, 0.15) is 28.1 Å². The summed E-state index contributed by atoms with van der Waals surface area (Å²) in [4.78, 5) is 18.7. The van der Waals surface area contributed by atoms with E-state index in [0.717, 1.165) is 50.5 Å². The van der Waals surface area contributed by atoms with Gasteiger partial charge in [0.25, 0.3) is 5.91 Å². The molecule has 0 bridgehead atoms. The number of thioether (sulfide) groups is 1. The summed E-state index contributed by atoms with van der Waals surface area (Å²) in [7, 11) is 0. The van der Waals surface area contributed by atoms with Crippen molar-refractivity contribution in [2.45, 2.75) is 23.6 Å². The van der Waals surface area contributed by atoms with E-state index in [1.165, 1.54) is 10.5 Å². The zero-order valence-corrected chi connectivity index (χ0v) is 17.3. The van der Waals surface area contributed by atoms with Crippen molar-refractivity contribution >= 4 is 17.7 Å². The number of amides is 1. The second-order valence-electron chi connectivity index (χ2n) is 7.28. The molecule has 1 amide bonds. The molecule has 1 fully saturated rings. The predicted molar refractivity (Wildman–Crippen MR) is 117 cm³/mol. The Hall–Kier alpha value is -2.50. The second kappa shape index (κ2) is 9.81. The number of hydrogen-bond acceptors (Lipinski definition) is 4. The first-order chi connectivity index (χ1) is 14.3. The van der Waals surface area contributed by atoms with Gasteiger partial charge in [-0.05, 0) is 30.2 Å². The highest BCUT2D eigenvalue weighted by Gasteiger charge is 2.24. The van der Waals surface area contributed by atoms with Crippen molar-refractivity contribution in [3.05, 3.63) is 89.9 Å². The molecule has 1 aliphatic rings. The minimum absolute atomic E-state index is 0.0141. The Kier molecular flexibility index (Phi) is 6.70. The van der Waals surface area contributed by atoms with E-state index < -0.39 is 0 Å². The maximum absolute atomic E-state index is 13.1. The molecule has 1 saturated heterocycles. The van der Waals surface area contributed by atoms with E-state index in [4.69, 9.17) is 4.42 Å². The normalized spacial score (nSPS) is 15.2. The molecule has 29 heavy (non-hydrogen) atoms. The first kappa shape index (κ1) is 19.8. The molecule has 4 rings (SSSR count). The quantitative estimate of drug-likeness (QED) is 0.545. The summed E-state index contributed by atoms with van der Waals surface area (Å²) in [6.07, 6.45) is 2.61. The van der Waals surface area contributed by atoms with E-state index in [1.54, 1.807) is 18.0 Å². The van der Waals surface area contributed by atoms with Crippen molar-refractivity contribution < 1.29 is 9.21 Å². The minimum atomic E-state index is 0.0141. The summed E-state index contributed by atoms with van der Waals surface area (Å²) in [5, 5.41) is 0. The first-order valence-corrected chi connectivity index (χ1v) is 11.1. The third-order valence-electron chi connectivity index (χ3n) is 5.20. The van der Waals surface area contributed by atoms with E-state index in [1.807, 2.05) is 35.2 Å². The highest BCUT2D eigenvalue weighted by molar-refractivity contribution is 7.98. The van der Waals surface area contributed by atoms with Crippen LogP contribution in [0.4, 0.5) is 0 Å². The van der Waals surface area contributed by atoms with Gasteiger partial charge in [0.2, 0.25) is 0 Å². The molecule has 1 aliphatic heterocycles. The van der Waals surface area contributed by atoms with Crippen molar-refractivity contribution in [3.63, 3.8) is 0 Å². The number of hydrogen-bond donors (Lipinski definition) is 0. The van der Waals surface area contributed by atoms with Crippen LogP contribution in [0.3, 0.4) is 0 Å². The van der Waals surface area contributed by atoms with Crippen LogP contribution in [0.5, 0.6) is 0 Å². The number of benzene rings is 2. The largest absolute Gasteiger partial charge is 0.459 e. The van der Waals surface area contributed by atoms with Crippen LogP contribution in [0.15, 0.2) is 82.3 Å². The Morgan fingerprint density at radius 2 is 1.66 bits per heavy atom. The summed E-state index contributed by atoms with van der Waals surface area (Å²) in [5.74, 6) is 1.24. The summed E-state index contributed by atoms with van der Waals surface area (Å²) < 4.78 is 5.61. The predicted octanol–water partition coefficient (Wildman–Crippen LogP) is 4.92. The van der Waals surface area contributed by atoms with Crippen molar-refractivity contribution in [2.24, 2.45) is 0 Å². The molecule has 0 aliphatic carbocycles. The van der Waals surface area contributed by atoms with E-state index >= 15 is 0 Å². The smallest absolute Gasteiger partial charge is 0.289 e. The molecule has 2 aromatic carbocycles. The van der Waals surface area contributed by atoms with Gasteiger partial charge in [-0.2, -0.15) is 0 Å². The summed E-state index contributed by atoms with van der Waals surface area (Å²) in [5.41, 5.74) is 2.28. The molecule has 0 unspecified atom stereocenters. The minimum Gasteiger partial charge on any atom is -0.459 e. The van der Waals surface area contributed by atoms with Crippen molar-refractivity contribution in [3.8, 4) is 0 Å². The van der Waals surface area contributed by atoms with Crippen LogP contribution >= 0.6 is 11.8 Å². The zero-order valence-electron chi connectivity index (χ0n) is 16.5. The van der Waals surface area contributed by atoms with Crippen LogP contribution in [0.25, 0.3) is 0 Å². The summed E-state index contributed by atoms with van der Waals surface area (Å²) in [6.45, 7) is 4.33. The highest BCUT2D eigenvalue weighted by Crippen LogP contribution is 2.26. The molecule has 0 N–H and O–H groups in total. The second-order valence-corrected chi connectivity index (χ2v) is 8.33. The first-order valence-electron chi connectivity index (χ1n) is 10.1. The van der Waals surface area contributed by atoms with Crippen molar-refractivity contribution in [1.82, 2.24) is 9.80 Å². The maximum Gasteiger partial charge on any atom is 0.289 e. The molecule has 5 heteroatoms. The standard InChI is InChI=1S/C24H26N2O2S/c27-24(23-21(12-17-28-23)19-29-22-10-5-2-6-11-22)26-14-7-13-25(15-16-26)18-20-8-3-1-4-9-20/h1-6,8-12,17H,7,13-16,18-19H2. The van der Waals surface area contributed by atoms with Crippen molar-refractivity contribution in [2.75, 3.05) is 26.2 Å². The lowest BCUT2D eigenvalue weighted by Gasteiger charge is -2.21. The van der Waals surface area contributed by atoms with Gasteiger partial charge < -0.3 is 9.32 Å². The van der Waals surface area contributed by atoms with Gasteiger partial charge in [0.05, 0.1) is 6.26 Å². The number of rotatable bonds is 6. The molecule has 4 nitrogen and oxygen atoms in total. The number of carbonyl (C=O) groups is 1. The third-order valence-corrected chi connectivity index (χ3v) is 6.26. The van der Waals surface area contributed by atoms with Gasteiger partial charge >= 0.3 is 0 Å². The molecule has 0 atom stereocenters. The molecule has 150 valence electrons. The topological polar surface area (TPSA) is 36.7 Å². The molecule has 3 aromatic rings. The number of furan rings is 1. The summed E-state index contributed by atoms with van der Waals surface area (Å²) in [6, 6.07) is 22.7. The van der Waals surface area contributed by atoms with E-state index in [-0.39, 0.29) is 5.91 Å². The molecule has 2 heterocycles. The average molecular weight is 407 g/mol. The van der Waals surface area contributed by atoms with Gasteiger partial charge in [0, 0.05) is 48.9 Å². The lowest BCUT2D eigenvalue weighted by molar-refractivity contribution is 0.0728. The van der Waals surface area contributed by atoms with Crippen LogP contribution in [-0.4, -0.2) is 41.9 Å². The van der Waals surface area contributed by atoms with Crippen LogP contribution in [0.2, 0.25) is 0 Å². The molecule has 0 spiro atoms. The molecule has 0 radical (unpaired) electrons. The van der Waals surface area contributed by atoms with Crippen molar-refractivity contribution in [1.29, 1.82) is 0 Å². The Balaban J connectivity index is 1.35. The van der Waals surface area contributed by atoms with Gasteiger partial charge in [-0.15, -0.1) is 11.8 Å². The Morgan fingerprint density at radius 1 is 0.897 bits per heavy atom. The van der Waals surface area contributed by atoms with E-state index in [9.17, 15) is 4.79 Å². The number of carbonyl (C=O) groups excluding carboxylic acids is 1. The summed E-state index contributed by atoms with van der Waals surface area (Å²) >= 11 is 1.72. The van der Waals surface area contributed by atoms with Gasteiger partial charge in [0.1, 0.15) is 0 Å². The Morgan fingerprint density at radius 3 is 2.45 bits per heavy atom. The Labute approximate surface area is 176 Å². The average Bonchev–Trinajstić information content (AvgIpc) is 3.12. The fourth-order valence-electron chi connectivity index (χ4n) is 3.63. The number of nitrogens with zero attached hydrogens (tertiary/aromatic N) is 2. The molecule has 0 saturated carbocycles. The fraction of sp³-hybridized carbons (Fsp3) is 0.292. The maximum atomic E-state index is 13.1. The Bertz CT molecular complexity index is 911. The van der Waals surface area contributed by atoms with Gasteiger partial charge in [0.15, 0.2) is 5.76 Å². The van der Waals surface area contributed by atoms with E-state index in [0.29, 0.717) is 5.76 Å². The fourth-order valence-corrected chi connectivity index (χ4v) is 4.53. The molecular formula is C24H26N2O2S. The lowest BCUT2D eigenvalue weighted by atomic mass is 10.2. The lowest BCUT2D eigenvalue weighted by Crippen LogP contribution is -2.35.